The first kappa shape index (κ1) is 24.1. The van der Waals surface area contributed by atoms with Gasteiger partial charge in [0.2, 0.25) is 0 Å². The maximum absolute atomic E-state index is 14.2. The summed E-state index contributed by atoms with van der Waals surface area (Å²) >= 11 is 0. The summed E-state index contributed by atoms with van der Waals surface area (Å²) in [6, 6.07) is 18.9. The highest BCUT2D eigenvalue weighted by molar-refractivity contribution is 5.99. The largest absolute Gasteiger partial charge is 0.493 e. The molecule has 2 fully saturated rings. The molecule has 0 aliphatic carbocycles. The van der Waals surface area contributed by atoms with Crippen LogP contribution in [0.15, 0.2) is 66.7 Å². The standard InChI is InChI=1S/C29H29FN4O4/c1-29-18-23(21-9-6-12-25(37-2)26(21)38-29)31-28(36)34(29)20-8-5-7-19(17-20)27(35)33-15-13-32(14-16-33)24-11-4-3-10-22(24)30/h3-12,17,23H,13-16,18H2,1-2H3,(H,31,36)/t23-,29+/m1/s1. The zero-order valence-corrected chi connectivity index (χ0v) is 21.3. The zero-order chi connectivity index (χ0) is 26.4. The molecule has 2 bridgehead atoms. The molecular weight excluding hydrogens is 487 g/mol. The summed E-state index contributed by atoms with van der Waals surface area (Å²) in [5, 5.41) is 3.09. The molecule has 0 aromatic heterocycles. The van der Waals surface area contributed by atoms with Gasteiger partial charge in [0.1, 0.15) is 5.82 Å². The van der Waals surface area contributed by atoms with Gasteiger partial charge in [-0.2, -0.15) is 0 Å². The topological polar surface area (TPSA) is 74.3 Å². The molecule has 2 atom stereocenters. The number of benzene rings is 3. The number of hydrogen-bond donors (Lipinski definition) is 1. The molecule has 3 aromatic rings. The fourth-order valence-electron chi connectivity index (χ4n) is 5.73. The molecule has 0 spiro atoms. The molecule has 38 heavy (non-hydrogen) atoms. The average Bonchev–Trinajstić information content (AvgIpc) is 2.92. The second-order valence-electron chi connectivity index (χ2n) is 9.98. The molecule has 3 heterocycles. The third-order valence-corrected chi connectivity index (χ3v) is 7.59. The predicted octanol–water partition coefficient (Wildman–Crippen LogP) is 4.57. The molecule has 0 radical (unpaired) electrons. The van der Waals surface area contributed by atoms with Crippen LogP contribution in [0.3, 0.4) is 0 Å². The molecular formula is C29H29FN4O4. The van der Waals surface area contributed by atoms with E-state index in [0.717, 1.165) is 5.56 Å². The molecule has 196 valence electrons. The normalized spacial score (nSPS) is 22.3. The van der Waals surface area contributed by atoms with E-state index in [4.69, 9.17) is 9.47 Å². The SMILES string of the molecule is COc1cccc2c1O[C@@]1(C)C[C@H]2NC(=O)N1c1cccc(C(=O)N2CCN(c3ccccc3F)CC2)c1. The smallest absolute Gasteiger partial charge is 0.325 e. The van der Waals surface area contributed by atoms with Crippen molar-refractivity contribution in [1.29, 1.82) is 0 Å². The van der Waals surface area contributed by atoms with Gasteiger partial charge in [-0.3, -0.25) is 9.69 Å². The third kappa shape index (κ3) is 3.98. The number of halogens is 1. The van der Waals surface area contributed by atoms with Crippen LogP contribution in [0.1, 0.15) is 35.3 Å². The predicted molar refractivity (Wildman–Crippen MR) is 141 cm³/mol. The second kappa shape index (κ2) is 9.24. The molecule has 0 saturated carbocycles. The van der Waals surface area contributed by atoms with Crippen molar-refractivity contribution >= 4 is 23.3 Å². The van der Waals surface area contributed by atoms with E-state index in [1.54, 1.807) is 53.3 Å². The highest BCUT2D eigenvalue weighted by Crippen LogP contribution is 2.49. The minimum Gasteiger partial charge on any atom is -0.493 e. The Kier molecular flexibility index (Phi) is 5.86. The van der Waals surface area contributed by atoms with Gasteiger partial charge in [0.05, 0.1) is 24.5 Å². The number of nitrogens with one attached hydrogen (secondary N) is 1. The number of nitrogens with zero attached hydrogens (tertiary/aromatic N) is 3. The first-order valence-corrected chi connectivity index (χ1v) is 12.7. The van der Waals surface area contributed by atoms with Crippen LogP contribution in [0.2, 0.25) is 0 Å². The van der Waals surface area contributed by atoms with Crippen LogP contribution in [0, 0.1) is 5.82 Å². The van der Waals surface area contributed by atoms with Crippen LogP contribution >= 0.6 is 0 Å². The van der Waals surface area contributed by atoms with Gasteiger partial charge < -0.3 is 24.6 Å². The number of anilines is 2. The third-order valence-electron chi connectivity index (χ3n) is 7.59. The number of amides is 3. The van der Waals surface area contributed by atoms with Crippen LogP contribution in [-0.4, -0.2) is 55.9 Å². The summed E-state index contributed by atoms with van der Waals surface area (Å²) in [7, 11) is 1.59. The van der Waals surface area contributed by atoms with Crippen molar-refractivity contribution in [3.05, 3.63) is 83.7 Å². The van der Waals surface area contributed by atoms with Crippen LogP contribution in [-0.2, 0) is 0 Å². The van der Waals surface area contributed by atoms with E-state index >= 15 is 0 Å². The van der Waals surface area contributed by atoms with Gasteiger partial charge in [-0.05, 0) is 43.3 Å². The monoisotopic (exact) mass is 516 g/mol. The Balaban J connectivity index is 1.23. The Labute approximate surface area is 220 Å². The number of piperazine rings is 1. The lowest BCUT2D eigenvalue weighted by molar-refractivity contribution is 0.0349. The van der Waals surface area contributed by atoms with Crippen LogP contribution in [0.4, 0.5) is 20.6 Å². The molecule has 8 nitrogen and oxygen atoms in total. The van der Waals surface area contributed by atoms with E-state index in [1.807, 2.05) is 36.1 Å². The van der Waals surface area contributed by atoms with Crippen LogP contribution in [0.5, 0.6) is 11.5 Å². The number of carbonyl (C=O) groups excluding carboxylic acids is 2. The lowest BCUT2D eigenvalue weighted by atomic mass is 9.89. The minimum absolute atomic E-state index is 0.128. The molecule has 0 unspecified atom stereocenters. The molecule has 1 N–H and O–H groups in total. The Morgan fingerprint density at radius 1 is 1.05 bits per heavy atom. The number of fused-ring (bicyclic) bond motifs is 4. The van der Waals surface area contributed by atoms with Gasteiger partial charge in [0.15, 0.2) is 17.2 Å². The molecule has 3 aliphatic heterocycles. The Bertz CT molecular complexity index is 1410. The summed E-state index contributed by atoms with van der Waals surface area (Å²) in [4.78, 5) is 32.1. The van der Waals surface area contributed by atoms with E-state index in [2.05, 4.69) is 5.32 Å². The van der Waals surface area contributed by atoms with Gasteiger partial charge in [0, 0.05) is 43.7 Å². The fraction of sp³-hybridized carbons (Fsp3) is 0.310. The van der Waals surface area contributed by atoms with E-state index in [0.29, 0.717) is 61.0 Å². The van der Waals surface area contributed by atoms with E-state index in [1.165, 1.54) is 6.07 Å². The first-order chi connectivity index (χ1) is 18.4. The Hall–Kier alpha value is -4.27. The van der Waals surface area contributed by atoms with Crippen molar-refractivity contribution in [3.8, 4) is 11.5 Å². The molecule has 6 rings (SSSR count). The highest BCUT2D eigenvalue weighted by atomic mass is 19.1. The molecule has 3 aliphatic rings. The van der Waals surface area contributed by atoms with Crippen molar-refractivity contribution in [1.82, 2.24) is 10.2 Å². The summed E-state index contributed by atoms with van der Waals surface area (Å²) in [5.41, 5.74) is 1.51. The second-order valence-corrected chi connectivity index (χ2v) is 9.98. The number of methoxy groups -OCH3 is 1. The first-order valence-electron chi connectivity index (χ1n) is 12.7. The Morgan fingerprint density at radius 3 is 2.58 bits per heavy atom. The van der Waals surface area contributed by atoms with Crippen LogP contribution in [0.25, 0.3) is 0 Å². The molecule has 3 aromatic carbocycles. The summed E-state index contributed by atoms with van der Waals surface area (Å²) in [6.45, 7) is 3.90. The zero-order valence-electron chi connectivity index (χ0n) is 21.3. The fourth-order valence-corrected chi connectivity index (χ4v) is 5.73. The Morgan fingerprint density at radius 2 is 1.82 bits per heavy atom. The van der Waals surface area contributed by atoms with Gasteiger partial charge in [-0.1, -0.05) is 30.3 Å². The lowest BCUT2D eigenvalue weighted by Crippen LogP contribution is -2.65. The number of urea groups is 1. The molecule has 3 amide bonds. The van der Waals surface area contributed by atoms with Crippen LogP contribution < -0.4 is 24.6 Å². The maximum Gasteiger partial charge on any atom is 0.325 e. The van der Waals surface area contributed by atoms with Crippen molar-refractivity contribution in [2.75, 3.05) is 43.1 Å². The van der Waals surface area contributed by atoms with Gasteiger partial charge >= 0.3 is 6.03 Å². The summed E-state index contributed by atoms with van der Waals surface area (Å²) in [5.74, 6) is 0.824. The van der Waals surface area contributed by atoms with Crippen molar-refractivity contribution in [2.24, 2.45) is 0 Å². The highest BCUT2D eigenvalue weighted by Gasteiger charge is 2.50. The van der Waals surface area contributed by atoms with Crippen molar-refractivity contribution in [3.63, 3.8) is 0 Å². The number of hydrogen-bond acceptors (Lipinski definition) is 5. The van der Waals surface area contributed by atoms with Gasteiger partial charge in [-0.25, -0.2) is 9.18 Å². The number of ether oxygens (including phenoxy) is 2. The van der Waals surface area contributed by atoms with Crippen molar-refractivity contribution < 1.29 is 23.5 Å². The summed E-state index contributed by atoms with van der Waals surface area (Å²) < 4.78 is 26.2. The van der Waals surface area contributed by atoms with E-state index in [-0.39, 0.29) is 23.8 Å². The van der Waals surface area contributed by atoms with Gasteiger partial charge in [0.25, 0.3) is 5.91 Å². The maximum atomic E-state index is 14.2. The van der Waals surface area contributed by atoms with E-state index < -0.39 is 5.72 Å². The van der Waals surface area contributed by atoms with Gasteiger partial charge in [-0.15, -0.1) is 0 Å². The van der Waals surface area contributed by atoms with E-state index in [9.17, 15) is 14.0 Å². The lowest BCUT2D eigenvalue weighted by Gasteiger charge is -2.50. The average molecular weight is 517 g/mol. The van der Waals surface area contributed by atoms with Crippen molar-refractivity contribution in [2.45, 2.75) is 25.1 Å². The summed E-state index contributed by atoms with van der Waals surface area (Å²) in [6.07, 6.45) is 0.537. The number of rotatable bonds is 4. The molecule has 2 saturated heterocycles. The number of para-hydroxylation sites is 2. The minimum atomic E-state index is -0.971. The quantitative estimate of drug-likeness (QED) is 0.550. The number of carbonyl (C=O) groups is 2. The molecule has 9 heteroatoms.